The molecular weight excluding hydrogens is 256 g/mol. The van der Waals surface area contributed by atoms with Crippen LogP contribution in [0.5, 0.6) is 0 Å². The van der Waals surface area contributed by atoms with Crippen LogP contribution in [-0.4, -0.2) is 41.4 Å². The lowest BCUT2D eigenvalue weighted by molar-refractivity contribution is 0.573. The Morgan fingerprint density at radius 1 is 1.25 bits per heavy atom. The predicted molar refractivity (Wildman–Crippen MR) is 73.4 cm³/mol. The smallest absolute Gasteiger partial charge is 0.199 e. The van der Waals surface area contributed by atoms with Crippen molar-refractivity contribution in [2.24, 2.45) is 0 Å². The van der Waals surface area contributed by atoms with Crippen molar-refractivity contribution in [3.05, 3.63) is 29.8 Å². The molecule has 3 rings (SSSR count). The van der Waals surface area contributed by atoms with Gasteiger partial charge in [0.05, 0.1) is 18.1 Å². The van der Waals surface area contributed by atoms with Gasteiger partial charge in [0.1, 0.15) is 5.82 Å². The maximum Gasteiger partial charge on any atom is 0.199 e. The minimum atomic E-state index is 0.633. The summed E-state index contributed by atoms with van der Waals surface area (Å²) >= 11 is 0. The normalized spacial score (nSPS) is 11.1. The summed E-state index contributed by atoms with van der Waals surface area (Å²) < 4.78 is 3.66. The first-order valence-corrected chi connectivity index (χ1v) is 6.51. The van der Waals surface area contributed by atoms with Crippen molar-refractivity contribution >= 4 is 11.5 Å². The molecule has 0 aromatic carbocycles. The summed E-state index contributed by atoms with van der Waals surface area (Å²) in [6.45, 7) is 5.76. The molecule has 3 heterocycles. The van der Waals surface area contributed by atoms with Crippen LogP contribution in [0, 0.1) is 13.8 Å². The van der Waals surface area contributed by atoms with Crippen LogP contribution in [0.25, 0.3) is 5.65 Å². The van der Waals surface area contributed by atoms with Gasteiger partial charge >= 0.3 is 0 Å². The Bertz CT molecular complexity index is 713. The molecule has 0 bridgehead atoms. The van der Waals surface area contributed by atoms with E-state index in [1.54, 1.807) is 16.9 Å². The van der Waals surface area contributed by atoms with E-state index in [0.717, 1.165) is 31.0 Å². The number of tetrazole rings is 1. The summed E-state index contributed by atoms with van der Waals surface area (Å²) in [5, 5.41) is 19.1. The lowest BCUT2D eigenvalue weighted by Gasteiger charge is -2.07. The molecule has 104 valence electrons. The van der Waals surface area contributed by atoms with Gasteiger partial charge in [-0.05, 0) is 36.8 Å². The molecule has 0 saturated carbocycles. The standard InChI is InChI=1S/C12H16N8/c1-9-6-10(2)19(16-9)5-3-4-14-11-7-13-8-12-15-17-18-20(11)12/h6-8,14H,3-5H2,1-2H3. The van der Waals surface area contributed by atoms with Crippen LogP contribution in [0.2, 0.25) is 0 Å². The molecule has 0 saturated heterocycles. The number of nitrogens with zero attached hydrogens (tertiary/aromatic N) is 7. The van der Waals surface area contributed by atoms with Gasteiger partial charge in [-0.1, -0.05) is 0 Å². The number of anilines is 1. The van der Waals surface area contributed by atoms with Crippen molar-refractivity contribution in [1.82, 2.24) is 34.8 Å². The fourth-order valence-corrected chi connectivity index (χ4v) is 2.14. The average Bonchev–Trinajstić information content (AvgIpc) is 3.01. The van der Waals surface area contributed by atoms with Crippen LogP contribution in [-0.2, 0) is 6.54 Å². The molecule has 3 aromatic rings. The number of aryl methyl sites for hydroxylation is 3. The number of hydrogen-bond acceptors (Lipinski definition) is 6. The molecule has 1 N–H and O–H groups in total. The van der Waals surface area contributed by atoms with E-state index in [0.29, 0.717) is 5.65 Å². The molecular formula is C12H16N8. The van der Waals surface area contributed by atoms with Gasteiger partial charge in [0, 0.05) is 18.8 Å². The van der Waals surface area contributed by atoms with E-state index in [1.165, 1.54) is 5.69 Å². The number of aromatic nitrogens is 7. The van der Waals surface area contributed by atoms with Crippen molar-refractivity contribution in [3.8, 4) is 0 Å². The van der Waals surface area contributed by atoms with Gasteiger partial charge in [0.25, 0.3) is 0 Å². The van der Waals surface area contributed by atoms with Crippen LogP contribution in [0.3, 0.4) is 0 Å². The van der Waals surface area contributed by atoms with Crippen LogP contribution in [0.15, 0.2) is 18.5 Å². The molecule has 0 aliphatic carbocycles. The first-order chi connectivity index (χ1) is 9.74. The highest BCUT2D eigenvalue weighted by molar-refractivity contribution is 5.43. The van der Waals surface area contributed by atoms with Gasteiger partial charge < -0.3 is 5.32 Å². The van der Waals surface area contributed by atoms with Gasteiger partial charge in [-0.25, -0.2) is 0 Å². The first-order valence-electron chi connectivity index (χ1n) is 6.51. The van der Waals surface area contributed by atoms with Gasteiger partial charge in [0.2, 0.25) is 0 Å². The summed E-state index contributed by atoms with van der Waals surface area (Å²) in [4.78, 5) is 4.10. The molecule has 0 atom stereocenters. The molecule has 0 fully saturated rings. The zero-order valence-corrected chi connectivity index (χ0v) is 11.5. The first kappa shape index (κ1) is 12.5. The van der Waals surface area contributed by atoms with E-state index in [2.05, 4.69) is 43.9 Å². The Kier molecular flexibility index (Phi) is 3.28. The molecule has 0 spiro atoms. The second-order valence-corrected chi connectivity index (χ2v) is 4.67. The highest BCUT2D eigenvalue weighted by atomic mass is 15.5. The molecule has 0 aliphatic rings. The molecule has 0 aliphatic heterocycles. The minimum absolute atomic E-state index is 0.633. The zero-order chi connectivity index (χ0) is 13.9. The Morgan fingerprint density at radius 2 is 2.15 bits per heavy atom. The van der Waals surface area contributed by atoms with Crippen molar-refractivity contribution in [3.63, 3.8) is 0 Å². The maximum absolute atomic E-state index is 4.44. The largest absolute Gasteiger partial charge is 0.369 e. The summed E-state index contributed by atoms with van der Waals surface area (Å²) in [6.07, 6.45) is 4.30. The summed E-state index contributed by atoms with van der Waals surface area (Å²) in [7, 11) is 0. The quantitative estimate of drug-likeness (QED) is 0.692. The maximum atomic E-state index is 4.44. The van der Waals surface area contributed by atoms with Crippen molar-refractivity contribution < 1.29 is 0 Å². The Morgan fingerprint density at radius 3 is 2.95 bits per heavy atom. The van der Waals surface area contributed by atoms with E-state index >= 15 is 0 Å². The Labute approximate surface area is 115 Å². The average molecular weight is 272 g/mol. The van der Waals surface area contributed by atoms with Crippen molar-refractivity contribution in [1.29, 1.82) is 0 Å². The molecule has 8 heteroatoms. The molecule has 8 nitrogen and oxygen atoms in total. The summed E-state index contributed by atoms with van der Waals surface area (Å²) in [6, 6.07) is 2.08. The van der Waals surface area contributed by atoms with Gasteiger partial charge in [-0.15, -0.1) is 5.10 Å². The molecule has 0 radical (unpaired) electrons. The highest BCUT2D eigenvalue weighted by Crippen LogP contribution is 2.06. The second-order valence-electron chi connectivity index (χ2n) is 4.67. The lowest BCUT2D eigenvalue weighted by atomic mass is 10.4. The third-order valence-electron chi connectivity index (χ3n) is 3.06. The molecule has 0 amide bonds. The Balaban J connectivity index is 1.58. The number of rotatable bonds is 5. The van der Waals surface area contributed by atoms with E-state index in [1.807, 2.05) is 11.6 Å². The van der Waals surface area contributed by atoms with Gasteiger partial charge in [0.15, 0.2) is 5.65 Å². The third-order valence-corrected chi connectivity index (χ3v) is 3.06. The van der Waals surface area contributed by atoms with E-state index in [-0.39, 0.29) is 0 Å². The van der Waals surface area contributed by atoms with E-state index in [4.69, 9.17) is 0 Å². The summed E-state index contributed by atoms with van der Waals surface area (Å²) in [5.41, 5.74) is 2.87. The highest BCUT2D eigenvalue weighted by Gasteiger charge is 2.04. The van der Waals surface area contributed by atoms with E-state index in [9.17, 15) is 0 Å². The van der Waals surface area contributed by atoms with Crippen LogP contribution < -0.4 is 5.32 Å². The molecule has 0 unspecified atom stereocenters. The van der Waals surface area contributed by atoms with Crippen LogP contribution in [0.1, 0.15) is 17.8 Å². The second kappa shape index (κ2) is 5.24. The molecule has 20 heavy (non-hydrogen) atoms. The van der Waals surface area contributed by atoms with E-state index < -0.39 is 0 Å². The van der Waals surface area contributed by atoms with Crippen LogP contribution in [0.4, 0.5) is 5.82 Å². The van der Waals surface area contributed by atoms with Gasteiger partial charge in [-0.3, -0.25) is 9.67 Å². The molecule has 3 aromatic heterocycles. The predicted octanol–water partition coefficient (Wildman–Crippen LogP) is 0.835. The number of fused-ring (bicyclic) bond motifs is 1. The van der Waals surface area contributed by atoms with Crippen molar-refractivity contribution in [2.45, 2.75) is 26.8 Å². The number of hydrogen-bond donors (Lipinski definition) is 1. The van der Waals surface area contributed by atoms with Crippen LogP contribution >= 0.6 is 0 Å². The van der Waals surface area contributed by atoms with Crippen molar-refractivity contribution in [2.75, 3.05) is 11.9 Å². The zero-order valence-electron chi connectivity index (χ0n) is 11.5. The SMILES string of the molecule is Cc1cc(C)n(CCCNc2cncc3nnnn23)n1. The fourth-order valence-electron chi connectivity index (χ4n) is 2.14. The summed E-state index contributed by atoms with van der Waals surface area (Å²) in [5.74, 6) is 0.792. The number of nitrogens with one attached hydrogen (secondary N) is 1. The van der Waals surface area contributed by atoms with Gasteiger partial charge in [-0.2, -0.15) is 9.61 Å². The monoisotopic (exact) mass is 272 g/mol. The fraction of sp³-hybridized carbons (Fsp3) is 0.417. The third kappa shape index (κ3) is 2.44. The minimum Gasteiger partial charge on any atom is -0.369 e. The lowest BCUT2D eigenvalue weighted by Crippen LogP contribution is -2.11. The Hall–Kier alpha value is -2.51. The topological polar surface area (TPSA) is 85.8 Å².